The Morgan fingerprint density at radius 2 is 1.82 bits per heavy atom. The smallest absolute Gasteiger partial charge is 0.301 e. The number of carbonyl (C=O) groups excluding carboxylic acids is 3. The molecule has 0 aliphatic carbocycles. The summed E-state index contributed by atoms with van der Waals surface area (Å²) in [5, 5.41) is 11.3. The molecule has 0 bridgehead atoms. The fourth-order valence-electron chi connectivity index (χ4n) is 3.97. The van der Waals surface area contributed by atoms with Crippen LogP contribution in [0.1, 0.15) is 50.6 Å². The van der Waals surface area contributed by atoms with Gasteiger partial charge in [0.2, 0.25) is 0 Å². The number of ketones is 2. The first-order valence-corrected chi connectivity index (χ1v) is 11.0. The highest BCUT2D eigenvalue weighted by Gasteiger charge is 2.49. The van der Waals surface area contributed by atoms with Crippen molar-refractivity contribution < 1.29 is 23.9 Å². The van der Waals surface area contributed by atoms with Crippen molar-refractivity contribution in [1.82, 2.24) is 4.98 Å². The molecule has 1 amide bonds. The molecule has 1 fully saturated rings. The van der Waals surface area contributed by atoms with E-state index in [4.69, 9.17) is 0 Å². The molecule has 1 aromatic heterocycles. The Bertz CT molecular complexity index is 1360. The van der Waals surface area contributed by atoms with E-state index < -0.39 is 23.5 Å². The van der Waals surface area contributed by atoms with E-state index in [1.807, 2.05) is 13.0 Å². The first-order valence-electron chi connectivity index (χ1n) is 10.2. The van der Waals surface area contributed by atoms with Crippen LogP contribution in [-0.4, -0.2) is 27.6 Å². The Morgan fingerprint density at radius 3 is 2.45 bits per heavy atom. The Kier molecular flexibility index (Phi) is 5.71. The van der Waals surface area contributed by atoms with Gasteiger partial charge in [-0.15, -0.1) is 0 Å². The van der Waals surface area contributed by atoms with Gasteiger partial charge in [0.15, 0.2) is 10.9 Å². The van der Waals surface area contributed by atoms with Gasteiger partial charge in [-0.2, -0.15) is 0 Å². The number of nitrogens with zero attached hydrogens (tertiary/aromatic N) is 2. The number of halogens is 1. The van der Waals surface area contributed by atoms with Crippen molar-refractivity contribution in [1.29, 1.82) is 0 Å². The molecule has 1 saturated heterocycles. The summed E-state index contributed by atoms with van der Waals surface area (Å²) in [6.07, 6.45) is 0. The monoisotopic (exact) mass is 464 g/mol. The van der Waals surface area contributed by atoms with E-state index in [-0.39, 0.29) is 27.8 Å². The minimum Gasteiger partial charge on any atom is -0.507 e. The van der Waals surface area contributed by atoms with Crippen molar-refractivity contribution in [3.05, 3.63) is 86.7 Å². The third kappa shape index (κ3) is 3.76. The van der Waals surface area contributed by atoms with E-state index in [1.54, 1.807) is 32.0 Å². The van der Waals surface area contributed by atoms with Crippen molar-refractivity contribution in [3.8, 4) is 0 Å². The fraction of sp³-hybridized carbons (Fsp3) is 0.200. The Morgan fingerprint density at radius 1 is 1.12 bits per heavy atom. The topological polar surface area (TPSA) is 87.6 Å². The molecule has 1 atom stereocenters. The number of aromatic nitrogens is 1. The molecule has 0 saturated carbocycles. The largest absolute Gasteiger partial charge is 0.507 e. The first-order chi connectivity index (χ1) is 15.6. The summed E-state index contributed by atoms with van der Waals surface area (Å²) in [4.78, 5) is 44.1. The van der Waals surface area contributed by atoms with Crippen molar-refractivity contribution >= 4 is 39.7 Å². The molecule has 2 heterocycles. The fourth-order valence-corrected chi connectivity index (χ4v) is 4.96. The molecule has 33 heavy (non-hydrogen) atoms. The molecule has 168 valence electrons. The quantitative estimate of drug-likeness (QED) is 0.253. The van der Waals surface area contributed by atoms with Crippen LogP contribution in [0.4, 0.5) is 9.52 Å². The number of anilines is 1. The molecule has 0 spiro atoms. The van der Waals surface area contributed by atoms with Crippen molar-refractivity contribution in [2.24, 2.45) is 0 Å². The van der Waals surface area contributed by atoms with Gasteiger partial charge in [-0.05, 0) is 38.5 Å². The summed E-state index contributed by atoms with van der Waals surface area (Å²) in [5.41, 5.74) is 2.15. The summed E-state index contributed by atoms with van der Waals surface area (Å²) in [6, 6.07) is 9.89. The number of hydrogen-bond donors (Lipinski definition) is 1. The molecule has 3 aromatic rings. The van der Waals surface area contributed by atoms with Crippen LogP contribution in [-0.2, 0) is 9.59 Å². The highest BCUT2D eigenvalue weighted by molar-refractivity contribution is 7.18. The van der Waals surface area contributed by atoms with Gasteiger partial charge >= 0.3 is 5.91 Å². The molecule has 4 rings (SSSR count). The molecule has 8 heteroatoms. The maximum absolute atomic E-state index is 15.0. The first kappa shape index (κ1) is 22.5. The predicted octanol–water partition coefficient (Wildman–Crippen LogP) is 5.04. The number of aryl methyl sites for hydroxylation is 3. The lowest BCUT2D eigenvalue weighted by molar-refractivity contribution is -0.132. The summed E-state index contributed by atoms with van der Waals surface area (Å²) >= 11 is 0.956. The lowest BCUT2D eigenvalue weighted by Gasteiger charge is -2.23. The van der Waals surface area contributed by atoms with Crippen molar-refractivity contribution in [2.45, 2.75) is 33.7 Å². The van der Waals surface area contributed by atoms with E-state index in [2.05, 4.69) is 4.98 Å². The second-order valence-electron chi connectivity index (χ2n) is 7.98. The second-order valence-corrected chi connectivity index (χ2v) is 8.95. The van der Waals surface area contributed by atoms with Crippen LogP contribution in [0.15, 0.2) is 48.0 Å². The standard InChI is InChI=1S/C25H21FN2O4S/c1-12-9-10-13(2)17(11-12)21(30)19-20(16-7-5-6-8-18(16)26)28(24(32)22(19)31)25-27-14(3)23(33-25)15(4)29/h5-11,20,30H,1-4H3. The highest BCUT2D eigenvalue weighted by atomic mass is 32.1. The molecule has 0 radical (unpaired) electrons. The maximum Gasteiger partial charge on any atom is 0.301 e. The van der Waals surface area contributed by atoms with Crippen LogP contribution in [0.3, 0.4) is 0 Å². The van der Waals surface area contributed by atoms with Crippen LogP contribution >= 0.6 is 11.3 Å². The highest BCUT2D eigenvalue weighted by Crippen LogP contribution is 2.44. The number of carbonyl (C=O) groups is 3. The predicted molar refractivity (Wildman–Crippen MR) is 124 cm³/mol. The second kappa shape index (κ2) is 8.37. The van der Waals surface area contributed by atoms with Gasteiger partial charge in [0, 0.05) is 18.1 Å². The van der Waals surface area contributed by atoms with Gasteiger partial charge in [-0.3, -0.25) is 19.3 Å². The van der Waals surface area contributed by atoms with Crippen LogP contribution in [0, 0.1) is 26.6 Å². The number of aliphatic hydroxyl groups excluding tert-OH is 1. The van der Waals surface area contributed by atoms with Gasteiger partial charge in [0.1, 0.15) is 17.6 Å². The van der Waals surface area contributed by atoms with Crippen molar-refractivity contribution in [2.75, 3.05) is 4.90 Å². The van der Waals surface area contributed by atoms with E-state index >= 15 is 0 Å². The Labute approximate surface area is 194 Å². The summed E-state index contributed by atoms with van der Waals surface area (Å²) in [7, 11) is 0. The van der Waals surface area contributed by atoms with E-state index in [0.29, 0.717) is 21.7 Å². The summed E-state index contributed by atoms with van der Waals surface area (Å²) < 4.78 is 15.0. The number of Topliss-reactive ketones (excluding diaryl/α,β-unsaturated/α-hetero) is 2. The van der Waals surface area contributed by atoms with Gasteiger partial charge < -0.3 is 5.11 Å². The van der Waals surface area contributed by atoms with Crippen molar-refractivity contribution in [3.63, 3.8) is 0 Å². The van der Waals surface area contributed by atoms with E-state index in [0.717, 1.165) is 21.8 Å². The molecule has 1 unspecified atom stereocenters. The number of thiazole rings is 1. The van der Waals surface area contributed by atoms with Gasteiger partial charge in [-0.25, -0.2) is 9.37 Å². The number of amides is 1. The van der Waals surface area contributed by atoms with Gasteiger partial charge in [0.05, 0.1) is 16.1 Å². The molecular formula is C25H21FN2O4S. The zero-order valence-electron chi connectivity index (χ0n) is 18.5. The Balaban J connectivity index is 2.01. The normalized spacial score (nSPS) is 17.6. The van der Waals surface area contributed by atoms with Crippen LogP contribution in [0.2, 0.25) is 0 Å². The summed E-state index contributed by atoms with van der Waals surface area (Å²) in [5.74, 6) is -3.14. The lowest BCUT2D eigenvalue weighted by atomic mass is 9.93. The van der Waals surface area contributed by atoms with Crippen LogP contribution in [0.5, 0.6) is 0 Å². The minimum absolute atomic E-state index is 0.0424. The van der Waals surface area contributed by atoms with Gasteiger partial charge in [-0.1, -0.05) is 47.2 Å². The third-order valence-electron chi connectivity index (χ3n) is 5.60. The number of benzene rings is 2. The molecule has 1 aliphatic rings. The number of aliphatic hydroxyl groups is 1. The third-order valence-corrected chi connectivity index (χ3v) is 6.86. The van der Waals surface area contributed by atoms with E-state index in [1.165, 1.54) is 25.1 Å². The van der Waals surface area contributed by atoms with Gasteiger partial charge in [0.25, 0.3) is 5.78 Å². The molecule has 1 aliphatic heterocycles. The minimum atomic E-state index is -1.24. The Hall–Kier alpha value is -3.65. The number of hydrogen-bond acceptors (Lipinski definition) is 6. The SMILES string of the molecule is CC(=O)c1sc(N2C(=O)C(=O)C(=C(O)c3cc(C)ccc3C)C2c2ccccc2F)nc1C. The summed E-state index contributed by atoms with van der Waals surface area (Å²) in [6.45, 7) is 6.62. The molecule has 2 aromatic carbocycles. The van der Waals surface area contributed by atoms with E-state index in [9.17, 15) is 23.9 Å². The zero-order valence-corrected chi connectivity index (χ0v) is 19.3. The maximum atomic E-state index is 15.0. The molecule has 6 nitrogen and oxygen atoms in total. The average molecular weight is 465 g/mol. The number of rotatable bonds is 4. The van der Waals surface area contributed by atoms with Crippen LogP contribution < -0.4 is 4.90 Å². The zero-order chi connectivity index (χ0) is 24.0. The van der Waals surface area contributed by atoms with Crippen LogP contribution in [0.25, 0.3) is 5.76 Å². The molecule has 1 N–H and O–H groups in total. The average Bonchev–Trinajstić information content (AvgIpc) is 3.27. The molecular weight excluding hydrogens is 443 g/mol. The lowest BCUT2D eigenvalue weighted by Crippen LogP contribution is -2.29.